The zero-order chi connectivity index (χ0) is 18.5. The summed E-state index contributed by atoms with van der Waals surface area (Å²) >= 11 is 0. The number of carbonyl (C=O) groups excluding carboxylic acids is 2. The lowest BCUT2D eigenvalue weighted by Crippen LogP contribution is -2.44. The quantitative estimate of drug-likeness (QED) is 0.561. The lowest BCUT2D eigenvalue weighted by atomic mass is 10.1. The molecule has 26 heavy (non-hydrogen) atoms. The normalized spacial score (nSPS) is 12.1. The second-order valence-electron chi connectivity index (χ2n) is 5.83. The number of carbonyl (C=O) groups is 2. The maximum Gasteiger partial charge on any atom is 0.329 e. The Kier molecular flexibility index (Phi) is 5.31. The topological polar surface area (TPSA) is 99.9 Å². The van der Waals surface area contributed by atoms with Crippen molar-refractivity contribution in [3.8, 4) is 0 Å². The molecule has 8 heteroatoms. The third kappa shape index (κ3) is 4.08. The van der Waals surface area contributed by atoms with Gasteiger partial charge >= 0.3 is 5.97 Å². The van der Waals surface area contributed by atoms with Crippen LogP contribution in [0.25, 0.3) is 10.9 Å². The third-order valence-corrected chi connectivity index (χ3v) is 3.97. The molecule has 0 spiro atoms. The zero-order valence-corrected chi connectivity index (χ0v) is 14.2. The Balaban J connectivity index is 1.71. The maximum absolute atomic E-state index is 13.3. The molecular weight excluding hydrogens is 339 g/mol. The van der Waals surface area contributed by atoms with Crippen LogP contribution >= 0.6 is 0 Å². The summed E-state index contributed by atoms with van der Waals surface area (Å²) < 4.78 is 18.3. The van der Waals surface area contributed by atoms with Crippen molar-refractivity contribution in [2.75, 3.05) is 6.61 Å². The minimum atomic E-state index is -0.814. The first-order valence-electron chi connectivity index (χ1n) is 8.25. The third-order valence-electron chi connectivity index (χ3n) is 3.97. The van der Waals surface area contributed by atoms with E-state index in [9.17, 15) is 14.0 Å². The Labute approximate surface area is 149 Å². The van der Waals surface area contributed by atoms with Crippen molar-refractivity contribution in [3.63, 3.8) is 0 Å². The SMILES string of the molecule is CCOC(=O)C(Cc1cnc[nH]1)NC(=O)Cc1c[nH]c2cc(F)ccc12. The number of fused-ring (bicyclic) bond motifs is 1. The minimum Gasteiger partial charge on any atom is -0.464 e. The van der Waals surface area contributed by atoms with Crippen molar-refractivity contribution in [2.24, 2.45) is 0 Å². The molecule has 2 heterocycles. The summed E-state index contributed by atoms with van der Waals surface area (Å²) in [5.74, 6) is -1.18. The smallest absolute Gasteiger partial charge is 0.329 e. The molecule has 0 saturated carbocycles. The van der Waals surface area contributed by atoms with Crippen molar-refractivity contribution < 1.29 is 18.7 Å². The minimum absolute atomic E-state index is 0.0600. The number of nitrogens with one attached hydrogen (secondary N) is 3. The van der Waals surface area contributed by atoms with Gasteiger partial charge < -0.3 is 20.0 Å². The van der Waals surface area contributed by atoms with Crippen LogP contribution < -0.4 is 5.32 Å². The molecule has 3 N–H and O–H groups in total. The Morgan fingerprint density at radius 2 is 2.19 bits per heavy atom. The van der Waals surface area contributed by atoms with Crippen LogP contribution in [0.2, 0.25) is 0 Å². The highest BCUT2D eigenvalue weighted by atomic mass is 19.1. The summed E-state index contributed by atoms with van der Waals surface area (Å²) in [6.45, 7) is 1.93. The molecule has 3 rings (SSSR count). The number of rotatable bonds is 7. The van der Waals surface area contributed by atoms with E-state index < -0.39 is 12.0 Å². The van der Waals surface area contributed by atoms with Crippen LogP contribution in [0.15, 0.2) is 36.9 Å². The van der Waals surface area contributed by atoms with Gasteiger partial charge in [-0.3, -0.25) is 4.79 Å². The number of ether oxygens (including phenoxy) is 1. The second-order valence-corrected chi connectivity index (χ2v) is 5.83. The van der Waals surface area contributed by atoms with Crippen molar-refractivity contribution in [2.45, 2.75) is 25.8 Å². The van der Waals surface area contributed by atoms with Gasteiger partial charge in [0, 0.05) is 35.4 Å². The molecule has 0 aliphatic carbocycles. The van der Waals surface area contributed by atoms with Crippen molar-refractivity contribution in [1.29, 1.82) is 0 Å². The number of aromatic nitrogens is 3. The molecule has 0 aliphatic heterocycles. The standard InChI is InChI=1S/C18H19FN4O3/c1-2-26-18(25)16(7-13-9-20-10-22-13)23-17(24)5-11-8-21-15-6-12(19)3-4-14(11)15/h3-4,6,8-10,16,21H,2,5,7H2,1H3,(H,20,22)(H,23,24). The number of nitrogens with zero attached hydrogens (tertiary/aromatic N) is 1. The molecule has 1 amide bonds. The fraction of sp³-hybridized carbons (Fsp3) is 0.278. The number of esters is 1. The summed E-state index contributed by atoms with van der Waals surface area (Å²) in [6, 6.07) is 3.52. The first kappa shape index (κ1) is 17.7. The van der Waals surface area contributed by atoms with E-state index in [4.69, 9.17) is 4.74 Å². The average Bonchev–Trinajstić information content (AvgIpc) is 3.24. The molecular formula is C18H19FN4O3. The molecule has 0 fully saturated rings. The van der Waals surface area contributed by atoms with Gasteiger partial charge in [-0.2, -0.15) is 0 Å². The number of hydrogen-bond donors (Lipinski definition) is 3. The highest BCUT2D eigenvalue weighted by Gasteiger charge is 2.23. The van der Waals surface area contributed by atoms with E-state index in [1.165, 1.54) is 18.5 Å². The maximum atomic E-state index is 13.3. The van der Waals surface area contributed by atoms with Gasteiger partial charge in [-0.15, -0.1) is 0 Å². The summed E-state index contributed by atoms with van der Waals surface area (Å²) in [5.41, 5.74) is 2.06. The molecule has 0 aliphatic rings. The van der Waals surface area contributed by atoms with Gasteiger partial charge in [0.1, 0.15) is 11.9 Å². The summed E-state index contributed by atoms with van der Waals surface area (Å²) in [4.78, 5) is 34.3. The Bertz CT molecular complexity index is 904. The van der Waals surface area contributed by atoms with Crippen molar-refractivity contribution >= 4 is 22.8 Å². The van der Waals surface area contributed by atoms with Crippen LogP contribution in [0.4, 0.5) is 4.39 Å². The molecule has 3 aromatic rings. The lowest BCUT2D eigenvalue weighted by molar-refractivity contribution is -0.147. The number of amides is 1. The predicted octanol–water partition coefficient (Wildman–Crippen LogP) is 1.86. The van der Waals surface area contributed by atoms with Gasteiger partial charge in [-0.1, -0.05) is 0 Å². The van der Waals surface area contributed by atoms with Crippen LogP contribution in [-0.4, -0.2) is 39.5 Å². The monoisotopic (exact) mass is 358 g/mol. The molecule has 0 radical (unpaired) electrons. The number of benzene rings is 1. The summed E-state index contributed by atoms with van der Waals surface area (Å²) in [7, 11) is 0. The van der Waals surface area contributed by atoms with Gasteiger partial charge in [0.2, 0.25) is 5.91 Å². The summed E-state index contributed by atoms with van der Waals surface area (Å²) in [6.07, 6.45) is 5.07. The Hall–Kier alpha value is -3.16. The van der Waals surface area contributed by atoms with E-state index in [0.29, 0.717) is 11.2 Å². The van der Waals surface area contributed by atoms with Gasteiger partial charge in [-0.05, 0) is 30.7 Å². The van der Waals surface area contributed by atoms with Crippen LogP contribution in [0.1, 0.15) is 18.2 Å². The molecule has 0 bridgehead atoms. The second kappa shape index (κ2) is 7.81. The van der Waals surface area contributed by atoms with E-state index in [1.54, 1.807) is 25.4 Å². The fourth-order valence-corrected chi connectivity index (χ4v) is 2.78. The van der Waals surface area contributed by atoms with Crippen LogP contribution in [0.5, 0.6) is 0 Å². The lowest BCUT2D eigenvalue weighted by Gasteiger charge is -2.16. The van der Waals surface area contributed by atoms with E-state index in [0.717, 1.165) is 10.9 Å². The number of imidazole rings is 1. The van der Waals surface area contributed by atoms with E-state index in [2.05, 4.69) is 20.3 Å². The molecule has 0 saturated heterocycles. The molecule has 1 atom stereocenters. The van der Waals surface area contributed by atoms with Crippen LogP contribution in [-0.2, 0) is 27.2 Å². The average molecular weight is 358 g/mol. The highest BCUT2D eigenvalue weighted by molar-refractivity contribution is 5.90. The number of aromatic amines is 2. The first-order chi connectivity index (χ1) is 12.6. The molecule has 136 valence electrons. The Morgan fingerprint density at radius 1 is 1.35 bits per heavy atom. The summed E-state index contributed by atoms with van der Waals surface area (Å²) in [5, 5.41) is 3.47. The van der Waals surface area contributed by atoms with Crippen LogP contribution in [0, 0.1) is 5.82 Å². The zero-order valence-electron chi connectivity index (χ0n) is 14.2. The molecule has 1 aromatic carbocycles. The van der Waals surface area contributed by atoms with E-state index in [-0.39, 0.29) is 31.2 Å². The van der Waals surface area contributed by atoms with E-state index in [1.807, 2.05) is 0 Å². The van der Waals surface area contributed by atoms with Gasteiger partial charge in [-0.25, -0.2) is 14.2 Å². The number of halogens is 1. The predicted molar refractivity (Wildman–Crippen MR) is 92.8 cm³/mol. The van der Waals surface area contributed by atoms with Crippen LogP contribution in [0.3, 0.4) is 0 Å². The Morgan fingerprint density at radius 3 is 2.92 bits per heavy atom. The van der Waals surface area contributed by atoms with Gasteiger partial charge in [0.25, 0.3) is 0 Å². The van der Waals surface area contributed by atoms with Crippen molar-refractivity contribution in [1.82, 2.24) is 20.3 Å². The van der Waals surface area contributed by atoms with Gasteiger partial charge in [0.15, 0.2) is 0 Å². The molecule has 2 aromatic heterocycles. The van der Waals surface area contributed by atoms with Gasteiger partial charge in [0.05, 0.1) is 19.4 Å². The number of hydrogen-bond acceptors (Lipinski definition) is 4. The van der Waals surface area contributed by atoms with E-state index >= 15 is 0 Å². The van der Waals surface area contributed by atoms with Crippen molar-refractivity contribution in [3.05, 3.63) is 54.0 Å². The molecule has 1 unspecified atom stereocenters. The molecule has 7 nitrogen and oxygen atoms in total. The highest BCUT2D eigenvalue weighted by Crippen LogP contribution is 2.19. The largest absolute Gasteiger partial charge is 0.464 e. The fourth-order valence-electron chi connectivity index (χ4n) is 2.78. The number of H-pyrrole nitrogens is 2. The first-order valence-corrected chi connectivity index (χ1v) is 8.25.